The Balaban J connectivity index is 0.000000180. The number of aryl methyl sites for hydroxylation is 1. The minimum Gasteiger partial charge on any atom is -0.392 e. The molecule has 27 heavy (non-hydrogen) atoms. The molecule has 10 heteroatoms. The third-order valence-corrected chi connectivity index (χ3v) is 5.78. The molecule has 1 fully saturated rings. The molecule has 4 rings (SSSR count). The molecule has 1 saturated heterocycles. The van der Waals surface area contributed by atoms with Crippen LogP contribution in [0, 0.1) is 5.82 Å². The zero-order valence-electron chi connectivity index (χ0n) is 15.3. The average molecular weight is 396 g/mol. The first-order valence-corrected chi connectivity index (χ1v) is 10.6. The molecule has 0 saturated carbocycles. The van der Waals surface area contributed by atoms with E-state index in [0.717, 1.165) is 62.6 Å². The number of aromatic nitrogens is 4. The van der Waals surface area contributed by atoms with E-state index in [4.69, 9.17) is 10.8 Å². The fraction of sp³-hybridized carbons (Fsp3) is 0.588. The maximum absolute atomic E-state index is 13.7. The van der Waals surface area contributed by atoms with Gasteiger partial charge in [-0.25, -0.2) is 22.9 Å². The van der Waals surface area contributed by atoms with Gasteiger partial charge < -0.3 is 10.8 Å². The number of anilines is 1. The smallest absolute Gasteiger partial charge is 0.220 e. The lowest BCUT2D eigenvalue weighted by molar-refractivity contribution is 0.110. The highest BCUT2D eigenvalue weighted by atomic mass is 32.2. The molecular weight excluding hydrogens is 371 g/mol. The van der Waals surface area contributed by atoms with Gasteiger partial charge in [0, 0.05) is 37.1 Å². The van der Waals surface area contributed by atoms with Gasteiger partial charge in [-0.05, 0) is 32.1 Å². The number of nitrogen functional groups attached to an aromatic ring is 1. The van der Waals surface area contributed by atoms with E-state index in [2.05, 4.69) is 15.1 Å². The highest BCUT2D eigenvalue weighted by molar-refractivity contribution is 7.81. The molecule has 0 bridgehead atoms. The van der Waals surface area contributed by atoms with E-state index in [1.54, 1.807) is 16.8 Å². The molecule has 0 amide bonds. The van der Waals surface area contributed by atoms with E-state index < -0.39 is 16.8 Å². The standard InChI is InChI=1S/C11H12FN5.C6H13NO2S/c12-8-6-14-11(13)16-10(8)7-5-15-17-4-2-1-3-9(7)17;1-10(9)7-4-2-3-6(8)5-7/h5-6H,1-4H2,(H2,13,14,16);6,8H,2-5H2,1H3. The van der Waals surface area contributed by atoms with Crippen molar-refractivity contribution in [3.8, 4) is 11.3 Å². The van der Waals surface area contributed by atoms with Crippen LogP contribution < -0.4 is 5.73 Å². The largest absolute Gasteiger partial charge is 0.392 e. The van der Waals surface area contributed by atoms with Crippen LogP contribution in [0.1, 0.15) is 31.4 Å². The van der Waals surface area contributed by atoms with Gasteiger partial charge in [-0.1, -0.05) is 0 Å². The number of hydrogen-bond acceptors (Lipinski definition) is 6. The molecule has 148 valence electrons. The number of fused-ring (bicyclic) bond motifs is 1. The lowest BCUT2D eigenvalue weighted by Gasteiger charge is -2.27. The molecule has 0 aromatic carbocycles. The fourth-order valence-corrected chi connectivity index (χ4v) is 4.11. The van der Waals surface area contributed by atoms with Crippen molar-refractivity contribution in [1.82, 2.24) is 24.1 Å². The Hall–Kier alpha value is -1.91. The number of aliphatic hydroxyl groups is 1. The third kappa shape index (κ3) is 4.88. The molecule has 0 aliphatic carbocycles. The van der Waals surface area contributed by atoms with Crippen molar-refractivity contribution in [3.63, 3.8) is 0 Å². The molecule has 8 nitrogen and oxygen atoms in total. The molecular formula is C17H25FN6O2S. The van der Waals surface area contributed by atoms with Crippen LogP contribution in [0.5, 0.6) is 0 Å². The predicted molar refractivity (Wildman–Crippen MR) is 101 cm³/mol. The van der Waals surface area contributed by atoms with Crippen molar-refractivity contribution in [3.05, 3.63) is 23.9 Å². The van der Waals surface area contributed by atoms with Gasteiger partial charge in [-0.3, -0.25) is 4.68 Å². The van der Waals surface area contributed by atoms with Crippen molar-refractivity contribution >= 4 is 16.9 Å². The van der Waals surface area contributed by atoms with Crippen molar-refractivity contribution in [1.29, 1.82) is 0 Å². The molecule has 0 radical (unpaired) electrons. The van der Waals surface area contributed by atoms with Crippen LogP contribution in [0.3, 0.4) is 0 Å². The lowest BCUT2D eigenvalue weighted by atomic mass is 10.0. The van der Waals surface area contributed by atoms with Gasteiger partial charge in [-0.15, -0.1) is 0 Å². The summed E-state index contributed by atoms with van der Waals surface area (Å²) in [5.41, 5.74) is 7.51. The number of halogens is 1. The van der Waals surface area contributed by atoms with Crippen LogP contribution in [0.2, 0.25) is 0 Å². The van der Waals surface area contributed by atoms with E-state index in [0.29, 0.717) is 6.54 Å². The molecule has 2 aliphatic heterocycles. The van der Waals surface area contributed by atoms with Gasteiger partial charge >= 0.3 is 0 Å². The second kappa shape index (κ2) is 8.85. The number of rotatable bonds is 2. The van der Waals surface area contributed by atoms with Crippen molar-refractivity contribution in [2.24, 2.45) is 0 Å². The van der Waals surface area contributed by atoms with Crippen LogP contribution >= 0.6 is 0 Å². The molecule has 2 atom stereocenters. The summed E-state index contributed by atoms with van der Waals surface area (Å²) in [7, 11) is -0.899. The number of aliphatic hydroxyl groups excluding tert-OH is 1. The summed E-state index contributed by atoms with van der Waals surface area (Å²) in [6.45, 7) is 2.32. The van der Waals surface area contributed by atoms with E-state index >= 15 is 0 Å². The predicted octanol–water partition coefficient (Wildman–Crippen LogP) is 1.13. The Morgan fingerprint density at radius 2 is 2.11 bits per heavy atom. The Labute approximate surface area is 160 Å². The van der Waals surface area contributed by atoms with Gasteiger partial charge in [0.25, 0.3) is 0 Å². The SMILES string of the molecule is CS(=O)N1CCCC(O)C1.Nc1ncc(F)c(-c2cnn3c2CCCC3)n1. The zero-order valence-corrected chi connectivity index (χ0v) is 16.2. The van der Waals surface area contributed by atoms with Crippen molar-refractivity contribution < 1.29 is 13.7 Å². The Kier molecular flexibility index (Phi) is 6.51. The summed E-state index contributed by atoms with van der Waals surface area (Å²) in [5.74, 6) is -0.377. The highest BCUT2D eigenvalue weighted by Crippen LogP contribution is 2.28. The number of piperidine rings is 1. The zero-order chi connectivity index (χ0) is 19.4. The maximum atomic E-state index is 13.7. The second-order valence-electron chi connectivity index (χ2n) is 6.72. The Morgan fingerprint density at radius 3 is 2.81 bits per heavy atom. The van der Waals surface area contributed by atoms with Crippen LogP contribution in [-0.2, 0) is 24.0 Å². The van der Waals surface area contributed by atoms with Crippen LogP contribution in [0.25, 0.3) is 11.3 Å². The van der Waals surface area contributed by atoms with Crippen LogP contribution in [0.4, 0.5) is 10.3 Å². The number of nitrogens with zero attached hydrogens (tertiary/aromatic N) is 5. The van der Waals surface area contributed by atoms with Crippen LogP contribution in [0.15, 0.2) is 12.4 Å². The van der Waals surface area contributed by atoms with Crippen LogP contribution in [-0.4, -0.2) is 58.8 Å². The summed E-state index contributed by atoms with van der Waals surface area (Å²) >= 11 is 0. The van der Waals surface area contributed by atoms with E-state index in [1.165, 1.54) is 0 Å². The Morgan fingerprint density at radius 1 is 1.30 bits per heavy atom. The molecule has 4 heterocycles. The highest BCUT2D eigenvalue weighted by Gasteiger charge is 2.20. The van der Waals surface area contributed by atoms with Gasteiger partial charge in [0.15, 0.2) is 5.82 Å². The summed E-state index contributed by atoms with van der Waals surface area (Å²) in [6, 6.07) is 0. The first kappa shape index (κ1) is 19.8. The van der Waals surface area contributed by atoms with Gasteiger partial charge in [0.2, 0.25) is 5.95 Å². The van der Waals surface area contributed by atoms with Crippen molar-refractivity contribution in [2.45, 2.75) is 44.8 Å². The first-order chi connectivity index (χ1) is 13.0. The van der Waals surface area contributed by atoms with E-state index in [1.807, 2.05) is 4.68 Å². The Bertz CT molecular complexity index is 815. The molecule has 2 aromatic rings. The summed E-state index contributed by atoms with van der Waals surface area (Å²) in [6.07, 6.45) is 9.07. The fourth-order valence-electron chi connectivity index (χ4n) is 3.34. The van der Waals surface area contributed by atoms with E-state index in [9.17, 15) is 8.60 Å². The minimum absolute atomic E-state index is 0.0807. The normalized spacial score (nSPS) is 21.1. The average Bonchev–Trinajstić information content (AvgIpc) is 3.08. The van der Waals surface area contributed by atoms with Gasteiger partial charge in [0.1, 0.15) is 5.69 Å². The van der Waals surface area contributed by atoms with Gasteiger partial charge in [0.05, 0.1) is 29.5 Å². The summed E-state index contributed by atoms with van der Waals surface area (Å²) in [4.78, 5) is 7.59. The number of β-amino-alcohol motifs (C(OH)–C–C–N with tert-alkyl or cyclic N) is 1. The number of nitrogens with two attached hydrogens (primary N) is 1. The topological polar surface area (TPSA) is 110 Å². The molecule has 2 unspecified atom stereocenters. The minimum atomic E-state index is -0.899. The quantitative estimate of drug-likeness (QED) is 0.788. The molecule has 2 aliphatic rings. The van der Waals surface area contributed by atoms with E-state index in [-0.39, 0.29) is 17.7 Å². The third-order valence-electron chi connectivity index (χ3n) is 4.72. The molecule has 2 aromatic heterocycles. The summed E-state index contributed by atoms with van der Waals surface area (Å²) in [5, 5.41) is 13.4. The second-order valence-corrected chi connectivity index (χ2v) is 8.08. The number of hydrogen-bond donors (Lipinski definition) is 2. The monoisotopic (exact) mass is 396 g/mol. The van der Waals surface area contributed by atoms with Gasteiger partial charge in [-0.2, -0.15) is 5.10 Å². The first-order valence-electron chi connectivity index (χ1n) is 9.05. The molecule has 0 spiro atoms. The van der Waals surface area contributed by atoms with Crippen molar-refractivity contribution in [2.75, 3.05) is 25.1 Å². The maximum Gasteiger partial charge on any atom is 0.220 e. The summed E-state index contributed by atoms with van der Waals surface area (Å²) < 4.78 is 28.3. The molecule has 3 N–H and O–H groups in total. The lowest BCUT2D eigenvalue weighted by Crippen LogP contribution is -2.38.